The van der Waals surface area contributed by atoms with Crippen molar-refractivity contribution in [1.29, 1.82) is 0 Å². The molecule has 148 heavy (non-hydrogen) atoms. The lowest BCUT2D eigenvalue weighted by Crippen LogP contribution is -1.98. The van der Waals surface area contributed by atoms with Crippen LogP contribution in [0.3, 0.4) is 0 Å². The number of hydrogen-bond acceptors (Lipinski definition) is 8. The fourth-order valence-corrected chi connectivity index (χ4v) is 21.2. The maximum Gasteiger partial charge on any atom is 0.160 e. The number of aromatic nitrogens is 12. The molecule has 20 aromatic carbocycles. The normalized spacial score (nSPS) is 11.5. The molecule has 0 amide bonds. The van der Waals surface area contributed by atoms with Gasteiger partial charge in [0.05, 0.1) is 89.7 Å². The quantitative estimate of drug-likeness (QED) is 0.0832. The zero-order valence-electron chi connectivity index (χ0n) is 80.2. The van der Waals surface area contributed by atoms with E-state index in [-0.39, 0.29) is 0 Å². The Bertz CT molecular complexity index is 9120. The molecule has 0 aliphatic carbocycles. The van der Waals surface area contributed by atoms with Crippen LogP contribution >= 0.6 is 0 Å². The summed E-state index contributed by atoms with van der Waals surface area (Å²) in [6.45, 7) is 0. The summed E-state index contributed by atoms with van der Waals surface area (Å²) < 4.78 is 9.51. The second kappa shape index (κ2) is 37.4. The summed E-state index contributed by atoms with van der Waals surface area (Å²) in [5.41, 5.74) is 37.4. The Labute approximate surface area is 853 Å². The van der Waals surface area contributed by atoms with Gasteiger partial charge in [-0.15, -0.1) is 0 Å². The number of para-hydroxylation sites is 4. The number of rotatable bonds is 18. The Morgan fingerprint density at radius 2 is 0.277 bits per heavy atom. The van der Waals surface area contributed by atoms with Crippen molar-refractivity contribution in [1.82, 2.24) is 58.1 Å². The highest BCUT2D eigenvalue weighted by atomic mass is 15.0. The lowest BCUT2D eigenvalue weighted by molar-refractivity contribution is 1.16. The second-order valence-electron chi connectivity index (χ2n) is 37.3. The van der Waals surface area contributed by atoms with Gasteiger partial charge in [0.15, 0.2) is 23.3 Å². The zero-order chi connectivity index (χ0) is 97.9. The van der Waals surface area contributed by atoms with E-state index >= 15 is 0 Å². The van der Waals surface area contributed by atoms with Crippen molar-refractivity contribution in [2.45, 2.75) is 0 Å². The van der Waals surface area contributed by atoms with Crippen LogP contribution in [0.15, 0.2) is 534 Å². The van der Waals surface area contributed by atoms with Gasteiger partial charge in [-0.25, -0.2) is 39.9 Å². The number of benzene rings is 20. The summed E-state index contributed by atoms with van der Waals surface area (Å²) in [7, 11) is 0. The van der Waals surface area contributed by atoms with Gasteiger partial charge >= 0.3 is 0 Å². The zero-order valence-corrected chi connectivity index (χ0v) is 80.2. The average molecular weight is 1890 g/mol. The first-order valence-electron chi connectivity index (χ1n) is 49.9. The molecule has 692 valence electrons. The lowest BCUT2D eigenvalue weighted by Gasteiger charge is -2.13. The molecule has 12 nitrogen and oxygen atoms in total. The summed E-state index contributed by atoms with van der Waals surface area (Å²) in [4.78, 5) is 40.6. The van der Waals surface area contributed by atoms with E-state index in [9.17, 15) is 0 Å². The van der Waals surface area contributed by atoms with Gasteiger partial charge < -0.3 is 18.3 Å². The largest absolute Gasteiger partial charge is 0.309 e. The standard InChI is InChI=1S/2C68H44N6/c1-5-19-45(20-6-1)59-43-61(71-67(69-59)47-23-9-3-10-24-47)51-27-17-29-53(39-51)73-63-33-15-13-31-55(63)57-41-49(35-37-65(57)73)50-36-38-66-58(42-50)56-32-14-16-34-64(56)74(66)54-30-18-28-52(40-54)62-44-60(46-21-7-2-8-22-46)70-68(72-62)48-25-11-4-12-26-48;1-5-17-45(18-6-1)59-43-61(71-67(69-59)49-21-9-3-10-22-49)47-29-35-53(36-30-47)73-63-27-15-13-25-55(63)57-41-51(33-39-65(57)73)52-34-40-66-58(42-52)56-26-14-16-28-64(56)74(66)54-37-31-48(32-38-54)62-44-60(46-19-7-2-8-20-46)70-68(72-62)50-23-11-4-12-24-50/h2*1-44H. The Morgan fingerprint density at radius 3 is 0.514 bits per heavy atom. The maximum absolute atomic E-state index is 5.17. The molecule has 28 rings (SSSR count). The molecule has 0 unspecified atom stereocenters. The molecule has 0 spiro atoms. The van der Waals surface area contributed by atoms with Gasteiger partial charge in [0.25, 0.3) is 0 Å². The van der Waals surface area contributed by atoms with E-state index in [0.29, 0.717) is 23.3 Å². The molecule has 12 heteroatoms. The van der Waals surface area contributed by atoms with Gasteiger partial charge in [-0.05, 0) is 168 Å². The van der Waals surface area contributed by atoms with Crippen molar-refractivity contribution < 1.29 is 0 Å². The minimum Gasteiger partial charge on any atom is -0.309 e. The van der Waals surface area contributed by atoms with Crippen LogP contribution in [0.2, 0.25) is 0 Å². The van der Waals surface area contributed by atoms with Crippen LogP contribution in [0.25, 0.3) is 268 Å². The van der Waals surface area contributed by atoms with Crippen LogP contribution in [-0.2, 0) is 0 Å². The van der Waals surface area contributed by atoms with Crippen LogP contribution < -0.4 is 0 Å². The molecule has 0 saturated carbocycles. The molecular formula is C136H88N12. The molecule has 0 aliphatic heterocycles. The molecule has 8 heterocycles. The topological polar surface area (TPSA) is 123 Å². The van der Waals surface area contributed by atoms with Crippen LogP contribution in [-0.4, -0.2) is 58.1 Å². The first-order valence-corrected chi connectivity index (χ1v) is 49.9. The van der Waals surface area contributed by atoms with Gasteiger partial charge in [-0.2, -0.15) is 0 Å². The van der Waals surface area contributed by atoms with E-state index < -0.39 is 0 Å². The second-order valence-corrected chi connectivity index (χ2v) is 37.3. The molecule has 0 bridgehead atoms. The van der Waals surface area contributed by atoms with Gasteiger partial charge in [-0.1, -0.05) is 388 Å². The fourth-order valence-electron chi connectivity index (χ4n) is 21.2. The average Bonchev–Trinajstić information content (AvgIpc) is 1.58. The molecule has 0 N–H and O–H groups in total. The molecule has 0 radical (unpaired) electrons. The first-order chi connectivity index (χ1) is 73.3. The minimum atomic E-state index is 0.697. The Kier molecular flexibility index (Phi) is 22.0. The molecule has 0 saturated heterocycles. The molecular weight excluding hydrogens is 1800 g/mol. The molecule has 8 aromatic heterocycles. The predicted molar refractivity (Wildman–Crippen MR) is 609 cm³/mol. The van der Waals surface area contributed by atoms with Crippen LogP contribution in [0.1, 0.15) is 0 Å². The minimum absolute atomic E-state index is 0.697. The van der Waals surface area contributed by atoms with Gasteiger partial charge in [0, 0.05) is 133 Å². The number of hydrogen-bond donors (Lipinski definition) is 0. The lowest BCUT2D eigenvalue weighted by atomic mass is 10.0. The van der Waals surface area contributed by atoms with E-state index in [0.717, 1.165) is 190 Å². The summed E-state index contributed by atoms with van der Waals surface area (Å²) >= 11 is 0. The third-order valence-corrected chi connectivity index (χ3v) is 28.3. The number of nitrogens with zero attached hydrogens (tertiary/aromatic N) is 12. The van der Waals surface area contributed by atoms with E-state index in [1.54, 1.807) is 0 Å². The molecule has 28 aromatic rings. The van der Waals surface area contributed by atoms with Crippen LogP contribution in [0.5, 0.6) is 0 Å². The van der Waals surface area contributed by atoms with Crippen molar-refractivity contribution in [2.24, 2.45) is 0 Å². The van der Waals surface area contributed by atoms with E-state index in [1.165, 1.54) is 54.2 Å². The number of fused-ring (bicyclic) bond motifs is 12. The molecule has 0 aliphatic rings. The maximum atomic E-state index is 5.17. The highest BCUT2D eigenvalue weighted by Crippen LogP contribution is 2.45. The van der Waals surface area contributed by atoms with Crippen molar-refractivity contribution in [3.63, 3.8) is 0 Å². The third-order valence-electron chi connectivity index (χ3n) is 28.3. The first kappa shape index (κ1) is 87.0. The van der Waals surface area contributed by atoms with Crippen molar-refractivity contribution in [2.75, 3.05) is 0 Å². The van der Waals surface area contributed by atoms with Crippen LogP contribution in [0, 0.1) is 0 Å². The highest BCUT2D eigenvalue weighted by molar-refractivity contribution is 6.15. The van der Waals surface area contributed by atoms with Crippen molar-refractivity contribution in [3.8, 4) is 181 Å². The van der Waals surface area contributed by atoms with Crippen molar-refractivity contribution in [3.05, 3.63) is 534 Å². The van der Waals surface area contributed by atoms with Gasteiger partial charge in [0.1, 0.15) is 0 Å². The van der Waals surface area contributed by atoms with Gasteiger partial charge in [-0.3, -0.25) is 0 Å². The molecule has 0 atom stereocenters. The highest BCUT2D eigenvalue weighted by Gasteiger charge is 2.25. The van der Waals surface area contributed by atoms with E-state index in [1.807, 2.05) is 121 Å². The van der Waals surface area contributed by atoms with Crippen LogP contribution in [0.4, 0.5) is 0 Å². The summed E-state index contributed by atoms with van der Waals surface area (Å²) in [5, 5.41) is 9.60. The monoisotopic (exact) mass is 1890 g/mol. The smallest absolute Gasteiger partial charge is 0.160 e. The predicted octanol–water partition coefficient (Wildman–Crippen LogP) is 34.3. The van der Waals surface area contributed by atoms with E-state index in [4.69, 9.17) is 39.9 Å². The Hall–Kier alpha value is -20.1. The third kappa shape index (κ3) is 16.2. The Balaban J connectivity index is 0.000000146. The summed E-state index contributed by atoms with van der Waals surface area (Å²) in [6, 6.07) is 188. The summed E-state index contributed by atoms with van der Waals surface area (Å²) in [6.07, 6.45) is 0. The van der Waals surface area contributed by atoms with Crippen molar-refractivity contribution >= 4 is 87.2 Å². The fraction of sp³-hybridized carbons (Fsp3) is 0. The summed E-state index contributed by atoms with van der Waals surface area (Å²) in [5.74, 6) is 2.80. The Morgan fingerprint density at radius 1 is 0.101 bits per heavy atom. The molecule has 0 fully saturated rings. The van der Waals surface area contributed by atoms with E-state index in [2.05, 4.69) is 431 Å². The SMILES string of the molecule is c1ccc(-c2cc(-c3ccc(-n4c5ccccc5c5cc(-c6ccc7c(c6)c6ccccc6n7-c6ccc(-c7cc(-c8ccccc8)nc(-c8ccccc8)n7)cc6)ccc54)cc3)nc(-c3ccccc3)n2)cc1.c1ccc(-c2cc(-c3cccc(-n4c5ccccc5c5cc(-c6ccc7c(c6)c6ccccc6n7-c6cccc(-c7cc(-c8ccccc8)nc(-c8ccccc8)n7)c6)ccc54)c3)nc(-c3ccccc3)n2)cc1. The van der Waals surface area contributed by atoms with Gasteiger partial charge in [0.2, 0.25) is 0 Å².